The Morgan fingerprint density at radius 1 is 1.11 bits per heavy atom. The molecule has 36 heavy (non-hydrogen) atoms. The van der Waals surface area contributed by atoms with E-state index < -0.39 is 29.1 Å². The van der Waals surface area contributed by atoms with Crippen molar-refractivity contribution < 1.29 is 24.2 Å². The Morgan fingerprint density at radius 3 is 2.44 bits per heavy atom. The van der Waals surface area contributed by atoms with Crippen LogP contribution >= 0.6 is 0 Å². The smallest absolute Gasteiger partial charge is 0.248 e. The Balaban J connectivity index is 2.04. The van der Waals surface area contributed by atoms with Crippen molar-refractivity contribution in [3.05, 3.63) is 25.3 Å². The molecule has 8 heteroatoms. The third kappa shape index (κ3) is 4.74. The Kier molecular flexibility index (Phi) is 9.39. The molecule has 5 atom stereocenters. The van der Waals surface area contributed by atoms with E-state index in [9.17, 15) is 19.5 Å². The van der Waals surface area contributed by atoms with Crippen molar-refractivity contribution in [2.45, 2.75) is 82.5 Å². The lowest BCUT2D eigenvalue weighted by Gasteiger charge is -2.37. The first kappa shape index (κ1) is 28.4. The minimum Gasteiger partial charge on any atom is -0.396 e. The van der Waals surface area contributed by atoms with E-state index in [1.165, 1.54) is 0 Å². The number of likely N-dealkylation sites (tertiary alicyclic amines) is 1. The van der Waals surface area contributed by atoms with Gasteiger partial charge in [-0.25, -0.2) is 0 Å². The van der Waals surface area contributed by atoms with Crippen LogP contribution in [0, 0.1) is 11.8 Å². The Labute approximate surface area is 216 Å². The van der Waals surface area contributed by atoms with Crippen LogP contribution in [0.3, 0.4) is 0 Å². The summed E-state index contributed by atoms with van der Waals surface area (Å²) in [7, 11) is 1.73. The van der Waals surface area contributed by atoms with Crippen LogP contribution in [0.15, 0.2) is 25.3 Å². The number of amides is 3. The molecule has 2 bridgehead atoms. The van der Waals surface area contributed by atoms with Gasteiger partial charge in [0.05, 0.1) is 17.4 Å². The summed E-state index contributed by atoms with van der Waals surface area (Å²) in [5.74, 6) is -1.72. The van der Waals surface area contributed by atoms with E-state index in [1.54, 1.807) is 33.9 Å². The van der Waals surface area contributed by atoms with E-state index in [-0.39, 0.29) is 24.3 Å². The molecule has 3 rings (SSSR count). The van der Waals surface area contributed by atoms with Gasteiger partial charge >= 0.3 is 0 Å². The zero-order chi connectivity index (χ0) is 26.5. The Hall–Kier alpha value is -2.19. The number of likely N-dealkylation sites (N-methyl/N-ethyl adjacent to an activating group) is 1. The molecule has 0 aromatic rings. The quantitative estimate of drug-likeness (QED) is 0.274. The molecule has 0 aromatic carbocycles. The van der Waals surface area contributed by atoms with E-state index in [0.717, 1.165) is 19.3 Å². The lowest BCUT2D eigenvalue weighted by Crippen LogP contribution is -2.56. The van der Waals surface area contributed by atoms with Crippen LogP contribution in [0.1, 0.15) is 65.2 Å². The van der Waals surface area contributed by atoms with Gasteiger partial charge < -0.3 is 24.5 Å². The number of carbonyl (C=O) groups is 3. The van der Waals surface area contributed by atoms with Crippen molar-refractivity contribution in [3.8, 4) is 0 Å². The van der Waals surface area contributed by atoms with Gasteiger partial charge in [0.1, 0.15) is 11.6 Å². The van der Waals surface area contributed by atoms with Crippen molar-refractivity contribution in [3.63, 3.8) is 0 Å². The Morgan fingerprint density at radius 2 is 1.83 bits per heavy atom. The molecule has 3 aliphatic rings. The number of rotatable bonds is 15. The van der Waals surface area contributed by atoms with Gasteiger partial charge in [0.15, 0.2) is 0 Å². The number of unbranched alkanes of at least 4 members (excludes halogenated alkanes) is 3. The molecular weight excluding hydrogens is 458 g/mol. The van der Waals surface area contributed by atoms with Crippen molar-refractivity contribution in [1.29, 1.82) is 0 Å². The van der Waals surface area contributed by atoms with Gasteiger partial charge in [0.2, 0.25) is 17.7 Å². The SMILES string of the molecule is C=CCN(C)C(=O)[C@H]1[C@H]2C(=O)N(CCCCO)C(C(=O)N(CC=C)CCCCC)C23CC[C@]1(CC)O3. The molecule has 0 saturated carbocycles. The van der Waals surface area contributed by atoms with Gasteiger partial charge in [0, 0.05) is 39.8 Å². The van der Waals surface area contributed by atoms with Gasteiger partial charge in [0.25, 0.3) is 0 Å². The largest absolute Gasteiger partial charge is 0.396 e. The zero-order valence-corrected chi connectivity index (χ0v) is 22.4. The molecule has 1 N–H and O–H groups in total. The summed E-state index contributed by atoms with van der Waals surface area (Å²) in [6.07, 6.45) is 9.30. The molecule has 3 saturated heterocycles. The average molecular weight is 504 g/mol. The second kappa shape index (κ2) is 11.9. The van der Waals surface area contributed by atoms with Gasteiger partial charge in [-0.15, -0.1) is 13.2 Å². The maximum Gasteiger partial charge on any atom is 0.248 e. The lowest BCUT2D eigenvalue weighted by molar-refractivity contribution is -0.154. The fourth-order valence-electron chi connectivity index (χ4n) is 6.70. The van der Waals surface area contributed by atoms with Gasteiger partial charge in [-0.05, 0) is 38.5 Å². The van der Waals surface area contributed by atoms with E-state index in [0.29, 0.717) is 58.3 Å². The Bertz CT molecular complexity index is 847. The highest BCUT2D eigenvalue weighted by Gasteiger charge is 2.78. The minimum atomic E-state index is -1.01. The summed E-state index contributed by atoms with van der Waals surface area (Å²) >= 11 is 0. The topological polar surface area (TPSA) is 90.4 Å². The highest BCUT2D eigenvalue weighted by Crippen LogP contribution is 2.64. The predicted molar refractivity (Wildman–Crippen MR) is 139 cm³/mol. The maximum atomic E-state index is 14.2. The third-order valence-electron chi connectivity index (χ3n) is 8.46. The molecule has 0 radical (unpaired) electrons. The monoisotopic (exact) mass is 503 g/mol. The summed E-state index contributed by atoms with van der Waals surface area (Å²) in [5, 5.41) is 9.34. The van der Waals surface area contributed by atoms with E-state index in [4.69, 9.17) is 4.74 Å². The fraction of sp³-hybridized carbons (Fsp3) is 0.750. The van der Waals surface area contributed by atoms with Crippen molar-refractivity contribution in [1.82, 2.24) is 14.7 Å². The number of aliphatic hydroxyl groups excluding tert-OH is 1. The van der Waals surface area contributed by atoms with Gasteiger partial charge in [-0.3, -0.25) is 14.4 Å². The number of nitrogens with zero attached hydrogens (tertiary/aromatic N) is 3. The van der Waals surface area contributed by atoms with Crippen LogP contribution in [-0.2, 0) is 19.1 Å². The molecule has 3 amide bonds. The van der Waals surface area contributed by atoms with Crippen LogP contribution in [0.2, 0.25) is 0 Å². The third-order valence-corrected chi connectivity index (χ3v) is 8.46. The van der Waals surface area contributed by atoms with Crippen molar-refractivity contribution >= 4 is 17.7 Å². The normalized spacial score (nSPS) is 30.4. The summed E-state index contributed by atoms with van der Waals surface area (Å²) in [5.41, 5.74) is -1.75. The average Bonchev–Trinajstić information content (AvgIpc) is 3.47. The highest BCUT2D eigenvalue weighted by molar-refractivity contribution is 5.99. The van der Waals surface area contributed by atoms with Crippen LogP contribution < -0.4 is 0 Å². The molecule has 202 valence electrons. The summed E-state index contributed by atoms with van der Waals surface area (Å²) in [6, 6.07) is -0.772. The van der Waals surface area contributed by atoms with Crippen LogP contribution in [0.4, 0.5) is 0 Å². The number of hydrogen-bond acceptors (Lipinski definition) is 5. The fourth-order valence-corrected chi connectivity index (χ4v) is 6.70. The van der Waals surface area contributed by atoms with Gasteiger partial charge in [-0.2, -0.15) is 0 Å². The maximum absolute atomic E-state index is 14.2. The molecule has 3 fully saturated rings. The number of hydrogen-bond donors (Lipinski definition) is 1. The highest BCUT2D eigenvalue weighted by atomic mass is 16.5. The molecule has 3 aliphatic heterocycles. The minimum absolute atomic E-state index is 0.0255. The van der Waals surface area contributed by atoms with Crippen molar-refractivity contribution in [2.75, 3.05) is 39.8 Å². The molecule has 0 aromatic heterocycles. The number of carbonyl (C=O) groups excluding carboxylic acids is 3. The first-order valence-corrected chi connectivity index (χ1v) is 13.7. The summed E-state index contributed by atoms with van der Waals surface area (Å²) < 4.78 is 6.82. The van der Waals surface area contributed by atoms with Gasteiger partial charge in [-0.1, -0.05) is 38.8 Å². The van der Waals surface area contributed by atoms with Crippen LogP contribution in [0.25, 0.3) is 0 Å². The summed E-state index contributed by atoms with van der Waals surface area (Å²) in [4.78, 5) is 47.1. The van der Waals surface area contributed by atoms with E-state index in [1.807, 2.05) is 6.92 Å². The predicted octanol–water partition coefficient (Wildman–Crippen LogP) is 2.76. The standard InChI is InChI=1S/C28H45N3O5/c1-6-10-11-18-30(17-8-3)26(35)23-28-15-14-27(9-4,36-28)21(24(33)29(5)16-7-2)22(28)25(34)31(23)19-12-13-20-32/h7-8,21-23,32H,2-3,6,9-20H2,1,4-5H3/t21-,22+,23?,27+,28?/m1/s1. The van der Waals surface area contributed by atoms with E-state index >= 15 is 0 Å². The number of aliphatic hydroxyl groups is 1. The molecular formula is C28H45N3O5. The van der Waals surface area contributed by atoms with Crippen molar-refractivity contribution in [2.24, 2.45) is 11.8 Å². The molecule has 8 nitrogen and oxygen atoms in total. The second-order valence-corrected chi connectivity index (χ2v) is 10.6. The first-order chi connectivity index (χ1) is 17.3. The van der Waals surface area contributed by atoms with Crippen LogP contribution in [0.5, 0.6) is 0 Å². The van der Waals surface area contributed by atoms with Crippen LogP contribution in [-0.4, -0.2) is 94.6 Å². The lowest BCUT2D eigenvalue weighted by atomic mass is 9.64. The first-order valence-electron chi connectivity index (χ1n) is 13.7. The molecule has 1 spiro atoms. The second-order valence-electron chi connectivity index (χ2n) is 10.6. The van der Waals surface area contributed by atoms with E-state index in [2.05, 4.69) is 20.1 Å². The zero-order valence-electron chi connectivity index (χ0n) is 22.4. The number of ether oxygens (including phenoxy) is 1. The summed E-state index contributed by atoms with van der Waals surface area (Å²) in [6.45, 7) is 13.5. The molecule has 3 heterocycles. The number of fused-ring (bicyclic) bond motifs is 1. The molecule has 2 unspecified atom stereocenters. The molecule has 0 aliphatic carbocycles.